The van der Waals surface area contributed by atoms with Crippen molar-refractivity contribution < 1.29 is 13.9 Å². The summed E-state index contributed by atoms with van der Waals surface area (Å²) in [4.78, 5) is 27.4. The number of likely N-dealkylation sites (tertiary alicyclic amines) is 1. The molecule has 0 bridgehead atoms. The van der Waals surface area contributed by atoms with E-state index < -0.39 is 0 Å². The summed E-state index contributed by atoms with van der Waals surface area (Å²) in [6.07, 6.45) is 6.59. The van der Waals surface area contributed by atoms with Crippen LogP contribution in [0.15, 0.2) is 61.1 Å². The van der Waals surface area contributed by atoms with Crippen LogP contribution < -0.4 is 4.74 Å². The Morgan fingerprint density at radius 1 is 1.18 bits per heavy atom. The van der Waals surface area contributed by atoms with Gasteiger partial charge in [0, 0.05) is 37.5 Å². The van der Waals surface area contributed by atoms with Crippen molar-refractivity contribution in [3.63, 3.8) is 0 Å². The van der Waals surface area contributed by atoms with Gasteiger partial charge in [0.15, 0.2) is 0 Å². The second kappa shape index (κ2) is 8.12. The van der Waals surface area contributed by atoms with E-state index in [1.807, 2.05) is 0 Å². The number of ether oxygens (including phenoxy) is 1. The van der Waals surface area contributed by atoms with Crippen molar-refractivity contribution in [1.82, 2.24) is 19.9 Å². The number of hydrogen-bond acceptors (Lipinski definition) is 5. The predicted molar refractivity (Wildman–Crippen MR) is 101 cm³/mol. The Morgan fingerprint density at radius 3 is 2.93 bits per heavy atom. The smallest absolute Gasteiger partial charge is 0.272 e. The van der Waals surface area contributed by atoms with Gasteiger partial charge in [-0.15, -0.1) is 0 Å². The van der Waals surface area contributed by atoms with Gasteiger partial charge in [-0.1, -0.05) is 12.1 Å². The molecule has 6 nitrogen and oxygen atoms in total. The first-order chi connectivity index (χ1) is 13.7. The number of nitrogens with zero attached hydrogens (tertiary/aromatic N) is 4. The van der Waals surface area contributed by atoms with E-state index in [1.165, 1.54) is 18.3 Å². The summed E-state index contributed by atoms with van der Waals surface area (Å²) < 4.78 is 19.0. The fraction of sp³-hybridized carbons (Fsp3) is 0.238. The minimum atomic E-state index is -0.377. The number of rotatable bonds is 4. The molecule has 0 radical (unpaired) electrons. The summed E-state index contributed by atoms with van der Waals surface area (Å²) >= 11 is 0. The van der Waals surface area contributed by atoms with Gasteiger partial charge >= 0.3 is 0 Å². The fourth-order valence-electron chi connectivity index (χ4n) is 3.31. The van der Waals surface area contributed by atoms with Gasteiger partial charge in [0.05, 0.1) is 11.9 Å². The highest BCUT2D eigenvalue weighted by Crippen LogP contribution is 2.28. The number of carbonyl (C=O) groups is 1. The van der Waals surface area contributed by atoms with Crippen LogP contribution >= 0.6 is 0 Å². The van der Waals surface area contributed by atoms with E-state index in [2.05, 4.69) is 15.0 Å². The zero-order valence-electron chi connectivity index (χ0n) is 15.2. The molecule has 0 unspecified atom stereocenters. The highest BCUT2D eigenvalue weighted by Gasteiger charge is 2.27. The molecule has 0 spiro atoms. The Morgan fingerprint density at radius 2 is 2.11 bits per heavy atom. The lowest BCUT2D eigenvalue weighted by Crippen LogP contribution is -2.39. The van der Waals surface area contributed by atoms with E-state index >= 15 is 0 Å². The van der Waals surface area contributed by atoms with Gasteiger partial charge in [-0.25, -0.2) is 9.37 Å². The van der Waals surface area contributed by atoms with E-state index in [4.69, 9.17) is 4.74 Å². The zero-order chi connectivity index (χ0) is 19.3. The predicted octanol–water partition coefficient (Wildman–Crippen LogP) is 3.82. The standard InChI is InChI=1S/C21H19FN4O2/c22-16-6-3-7-17(11-16)28-20-13-23-12-19(25-20)15-5-4-10-26(14-15)21(27)18-8-1-2-9-24-18/h1-3,6-9,11-13,15H,4-5,10,14H2/t15-/m1/s1. The first-order valence-electron chi connectivity index (χ1n) is 9.15. The van der Waals surface area contributed by atoms with Crippen molar-refractivity contribution in [3.05, 3.63) is 78.3 Å². The molecule has 1 saturated heterocycles. The average molecular weight is 378 g/mol. The van der Waals surface area contributed by atoms with Crippen LogP contribution in [0.25, 0.3) is 0 Å². The maximum absolute atomic E-state index is 13.3. The van der Waals surface area contributed by atoms with Gasteiger partial charge in [0.25, 0.3) is 5.91 Å². The van der Waals surface area contributed by atoms with Gasteiger partial charge in [-0.05, 0) is 37.1 Å². The molecule has 0 aliphatic carbocycles. The molecule has 1 atom stereocenters. The van der Waals surface area contributed by atoms with Crippen molar-refractivity contribution >= 4 is 5.91 Å². The second-order valence-electron chi connectivity index (χ2n) is 6.65. The summed E-state index contributed by atoms with van der Waals surface area (Å²) in [5.74, 6) is 0.270. The molecule has 1 amide bonds. The summed E-state index contributed by atoms with van der Waals surface area (Å²) in [6, 6.07) is 11.2. The average Bonchev–Trinajstić information content (AvgIpc) is 2.74. The largest absolute Gasteiger partial charge is 0.437 e. The normalized spacial score (nSPS) is 16.6. The maximum atomic E-state index is 13.3. The molecule has 142 valence electrons. The molecule has 3 aromatic rings. The number of piperidine rings is 1. The van der Waals surface area contributed by atoms with Crippen LogP contribution in [0.1, 0.15) is 34.9 Å². The fourth-order valence-corrected chi connectivity index (χ4v) is 3.31. The van der Waals surface area contributed by atoms with Crippen LogP contribution in [0, 0.1) is 5.82 Å². The van der Waals surface area contributed by atoms with Gasteiger partial charge in [-0.3, -0.25) is 14.8 Å². The lowest BCUT2D eigenvalue weighted by Gasteiger charge is -2.32. The van der Waals surface area contributed by atoms with Crippen molar-refractivity contribution in [1.29, 1.82) is 0 Å². The Kier molecular flexibility index (Phi) is 5.23. The number of carbonyl (C=O) groups excluding carboxylic acids is 1. The third kappa shape index (κ3) is 4.14. The molecule has 4 rings (SSSR count). The Labute approximate surface area is 162 Å². The summed E-state index contributed by atoms with van der Waals surface area (Å²) in [5.41, 5.74) is 1.20. The van der Waals surface area contributed by atoms with Crippen molar-refractivity contribution in [2.45, 2.75) is 18.8 Å². The number of pyridine rings is 1. The molecule has 28 heavy (non-hydrogen) atoms. The SMILES string of the molecule is O=C(c1ccccn1)N1CCC[C@@H](c2cncc(Oc3cccc(F)c3)n2)C1. The molecule has 0 saturated carbocycles. The van der Waals surface area contributed by atoms with Gasteiger partial charge in [0.2, 0.25) is 5.88 Å². The first-order valence-corrected chi connectivity index (χ1v) is 9.15. The molecule has 1 aliphatic heterocycles. The van der Waals surface area contributed by atoms with Gasteiger partial charge in [-0.2, -0.15) is 0 Å². The molecule has 1 aromatic carbocycles. The summed E-state index contributed by atoms with van der Waals surface area (Å²) in [7, 11) is 0. The van der Waals surface area contributed by atoms with Crippen LogP contribution in [0.4, 0.5) is 4.39 Å². The molecule has 0 N–H and O–H groups in total. The van der Waals surface area contributed by atoms with Gasteiger partial charge < -0.3 is 9.64 Å². The monoisotopic (exact) mass is 378 g/mol. The topological polar surface area (TPSA) is 68.2 Å². The number of hydrogen-bond donors (Lipinski definition) is 0. The van der Waals surface area contributed by atoms with Crippen molar-refractivity contribution in [2.24, 2.45) is 0 Å². The Bertz CT molecular complexity index is 967. The van der Waals surface area contributed by atoms with Crippen LogP contribution in [-0.4, -0.2) is 38.8 Å². The van der Waals surface area contributed by atoms with E-state index in [0.29, 0.717) is 30.4 Å². The van der Waals surface area contributed by atoms with Crippen LogP contribution in [0.5, 0.6) is 11.6 Å². The number of benzene rings is 1. The minimum Gasteiger partial charge on any atom is -0.437 e. The molecular formula is C21H19FN4O2. The summed E-state index contributed by atoms with van der Waals surface area (Å²) in [6.45, 7) is 1.24. The highest BCUT2D eigenvalue weighted by atomic mass is 19.1. The van der Waals surface area contributed by atoms with Crippen molar-refractivity contribution in [3.8, 4) is 11.6 Å². The minimum absolute atomic E-state index is 0.0602. The Hall–Kier alpha value is -3.35. The number of aromatic nitrogens is 3. The van der Waals surface area contributed by atoms with E-state index in [-0.39, 0.29) is 17.6 Å². The van der Waals surface area contributed by atoms with E-state index in [0.717, 1.165) is 18.5 Å². The van der Waals surface area contributed by atoms with Crippen molar-refractivity contribution in [2.75, 3.05) is 13.1 Å². The van der Waals surface area contributed by atoms with Crippen LogP contribution in [0.2, 0.25) is 0 Å². The lowest BCUT2D eigenvalue weighted by molar-refractivity contribution is 0.0699. The quantitative estimate of drug-likeness (QED) is 0.690. The molecular weight excluding hydrogens is 359 g/mol. The second-order valence-corrected chi connectivity index (χ2v) is 6.65. The van der Waals surface area contributed by atoms with Crippen LogP contribution in [-0.2, 0) is 0 Å². The third-order valence-corrected chi connectivity index (χ3v) is 4.66. The molecule has 2 aromatic heterocycles. The van der Waals surface area contributed by atoms with Gasteiger partial charge in [0.1, 0.15) is 17.3 Å². The number of halogens is 1. The molecule has 7 heteroatoms. The lowest BCUT2D eigenvalue weighted by atomic mass is 9.95. The highest BCUT2D eigenvalue weighted by molar-refractivity contribution is 5.92. The maximum Gasteiger partial charge on any atom is 0.272 e. The molecule has 3 heterocycles. The van der Waals surface area contributed by atoms with E-state index in [9.17, 15) is 9.18 Å². The van der Waals surface area contributed by atoms with E-state index in [1.54, 1.807) is 47.6 Å². The summed E-state index contributed by atoms with van der Waals surface area (Å²) in [5, 5.41) is 0. The zero-order valence-corrected chi connectivity index (χ0v) is 15.2. The number of amides is 1. The molecule has 1 fully saturated rings. The van der Waals surface area contributed by atoms with Crippen LogP contribution in [0.3, 0.4) is 0 Å². The molecule has 1 aliphatic rings. The Balaban J connectivity index is 1.48. The third-order valence-electron chi connectivity index (χ3n) is 4.66. The first kappa shape index (κ1) is 18.0.